The molecule has 2 aromatic carbocycles. The van der Waals surface area contributed by atoms with Crippen LogP contribution in [0.4, 0.5) is 11.4 Å². The SMILES string of the molecule is Cc1cc(C)n(-c2ccccc2NC(=O)CCCOc2ccc3c(c2)CCC(=O)N3)n1. The zero-order valence-corrected chi connectivity index (χ0v) is 17.8. The number of aromatic nitrogens is 2. The number of aryl methyl sites for hydroxylation is 3. The molecule has 1 aromatic heterocycles. The highest BCUT2D eigenvalue weighted by Gasteiger charge is 2.15. The number of ether oxygens (including phenoxy) is 1. The van der Waals surface area contributed by atoms with Gasteiger partial charge in [-0.3, -0.25) is 9.59 Å². The van der Waals surface area contributed by atoms with Gasteiger partial charge in [-0.15, -0.1) is 0 Å². The number of hydrogen-bond acceptors (Lipinski definition) is 4. The molecular weight excluding hydrogens is 392 g/mol. The average Bonchev–Trinajstić information content (AvgIpc) is 3.09. The topological polar surface area (TPSA) is 85.2 Å². The lowest BCUT2D eigenvalue weighted by Crippen LogP contribution is -2.18. The maximum atomic E-state index is 12.5. The Morgan fingerprint density at radius 2 is 2.00 bits per heavy atom. The van der Waals surface area contributed by atoms with Gasteiger partial charge in [-0.25, -0.2) is 4.68 Å². The highest BCUT2D eigenvalue weighted by Crippen LogP contribution is 2.27. The standard InChI is InChI=1S/C24H26N4O3/c1-16-14-17(2)28(27-16)22-7-4-3-6-21(22)26-23(29)8-5-13-31-19-10-11-20-18(15-19)9-12-24(30)25-20/h3-4,6-7,10-11,14-15H,5,8-9,12-13H2,1-2H3,(H,25,30)(H,26,29). The molecule has 1 aliphatic heterocycles. The van der Waals surface area contributed by atoms with E-state index in [-0.39, 0.29) is 11.8 Å². The number of nitrogens with zero attached hydrogens (tertiary/aromatic N) is 2. The van der Waals surface area contributed by atoms with Crippen LogP contribution in [0.5, 0.6) is 5.75 Å². The van der Waals surface area contributed by atoms with Crippen molar-refractivity contribution in [3.63, 3.8) is 0 Å². The molecule has 0 spiro atoms. The summed E-state index contributed by atoms with van der Waals surface area (Å²) in [7, 11) is 0. The molecule has 3 aromatic rings. The number of fused-ring (bicyclic) bond motifs is 1. The van der Waals surface area contributed by atoms with Gasteiger partial charge in [-0.05, 0) is 68.7 Å². The van der Waals surface area contributed by atoms with Crippen LogP contribution in [-0.2, 0) is 16.0 Å². The maximum Gasteiger partial charge on any atom is 0.224 e. The molecule has 0 unspecified atom stereocenters. The van der Waals surface area contributed by atoms with Gasteiger partial charge >= 0.3 is 0 Å². The highest BCUT2D eigenvalue weighted by molar-refractivity contribution is 5.94. The first-order chi connectivity index (χ1) is 15.0. The van der Waals surface area contributed by atoms with Gasteiger partial charge in [0.1, 0.15) is 5.75 Å². The second-order valence-electron chi connectivity index (χ2n) is 7.72. The number of anilines is 2. The quantitative estimate of drug-likeness (QED) is 0.564. The summed E-state index contributed by atoms with van der Waals surface area (Å²) >= 11 is 0. The van der Waals surface area contributed by atoms with Gasteiger partial charge in [0, 0.05) is 24.2 Å². The third-order valence-electron chi connectivity index (χ3n) is 5.21. The van der Waals surface area contributed by atoms with Crippen LogP contribution in [-0.4, -0.2) is 28.2 Å². The summed E-state index contributed by atoms with van der Waals surface area (Å²) < 4.78 is 7.64. The molecule has 0 aliphatic carbocycles. The van der Waals surface area contributed by atoms with E-state index in [1.165, 1.54) is 0 Å². The van der Waals surface area contributed by atoms with Crippen LogP contribution in [0.15, 0.2) is 48.5 Å². The van der Waals surface area contributed by atoms with E-state index in [1.807, 2.05) is 67.1 Å². The van der Waals surface area contributed by atoms with Gasteiger partial charge in [-0.2, -0.15) is 5.10 Å². The summed E-state index contributed by atoms with van der Waals surface area (Å²) in [6, 6.07) is 15.3. The van der Waals surface area contributed by atoms with E-state index >= 15 is 0 Å². The molecule has 0 fully saturated rings. The minimum absolute atomic E-state index is 0.0478. The third-order valence-corrected chi connectivity index (χ3v) is 5.21. The number of carbonyl (C=O) groups excluding carboxylic acids is 2. The van der Waals surface area contributed by atoms with Crippen LogP contribution >= 0.6 is 0 Å². The van der Waals surface area contributed by atoms with Gasteiger partial charge in [0.2, 0.25) is 11.8 Å². The fourth-order valence-corrected chi connectivity index (χ4v) is 3.72. The van der Waals surface area contributed by atoms with E-state index in [0.717, 1.165) is 46.2 Å². The van der Waals surface area contributed by atoms with Crippen molar-refractivity contribution in [1.82, 2.24) is 9.78 Å². The monoisotopic (exact) mass is 418 g/mol. The number of nitrogens with one attached hydrogen (secondary N) is 2. The van der Waals surface area contributed by atoms with Crippen LogP contribution < -0.4 is 15.4 Å². The Bertz CT molecular complexity index is 1120. The molecule has 0 atom stereocenters. The number of carbonyl (C=O) groups is 2. The Morgan fingerprint density at radius 1 is 1.16 bits per heavy atom. The maximum absolute atomic E-state index is 12.5. The molecular formula is C24H26N4O3. The zero-order valence-electron chi connectivity index (χ0n) is 17.8. The minimum atomic E-state index is -0.0641. The van der Waals surface area contributed by atoms with Crippen molar-refractivity contribution in [2.24, 2.45) is 0 Å². The molecule has 2 heterocycles. The van der Waals surface area contributed by atoms with Crippen LogP contribution in [0.1, 0.15) is 36.2 Å². The third kappa shape index (κ3) is 4.94. The van der Waals surface area contributed by atoms with Gasteiger partial charge in [0.15, 0.2) is 0 Å². The molecule has 7 nitrogen and oxygen atoms in total. The Hall–Kier alpha value is -3.61. The van der Waals surface area contributed by atoms with E-state index < -0.39 is 0 Å². The van der Waals surface area contributed by atoms with Crippen molar-refractivity contribution >= 4 is 23.2 Å². The largest absolute Gasteiger partial charge is 0.494 e. The summed E-state index contributed by atoms with van der Waals surface area (Å²) in [5.41, 5.74) is 5.45. The zero-order chi connectivity index (χ0) is 21.8. The second kappa shape index (κ2) is 9.04. The van der Waals surface area contributed by atoms with Crippen molar-refractivity contribution in [1.29, 1.82) is 0 Å². The first-order valence-corrected chi connectivity index (χ1v) is 10.5. The fourth-order valence-electron chi connectivity index (χ4n) is 3.72. The Balaban J connectivity index is 1.30. The molecule has 0 bridgehead atoms. The van der Waals surface area contributed by atoms with Gasteiger partial charge in [-0.1, -0.05) is 12.1 Å². The number of benzene rings is 2. The van der Waals surface area contributed by atoms with Crippen molar-refractivity contribution in [2.45, 2.75) is 39.5 Å². The number of rotatable bonds is 7. The highest BCUT2D eigenvalue weighted by atomic mass is 16.5. The normalized spacial score (nSPS) is 12.8. The lowest BCUT2D eigenvalue weighted by atomic mass is 10.0. The van der Waals surface area contributed by atoms with Gasteiger partial charge in [0.05, 0.1) is 23.7 Å². The summed E-state index contributed by atoms with van der Waals surface area (Å²) in [5, 5.41) is 10.4. The summed E-state index contributed by atoms with van der Waals surface area (Å²) in [5.74, 6) is 0.738. The number of amides is 2. The van der Waals surface area contributed by atoms with E-state index in [0.29, 0.717) is 25.9 Å². The van der Waals surface area contributed by atoms with Gasteiger partial charge in [0.25, 0.3) is 0 Å². The summed E-state index contributed by atoms with van der Waals surface area (Å²) in [4.78, 5) is 23.9. The van der Waals surface area contributed by atoms with Crippen molar-refractivity contribution in [2.75, 3.05) is 17.2 Å². The lowest BCUT2D eigenvalue weighted by molar-refractivity contribution is -0.117. The van der Waals surface area contributed by atoms with Crippen LogP contribution in [0.25, 0.3) is 5.69 Å². The number of hydrogen-bond donors (Lipinski definition) is 2. The van der Waals surface area contributed by atoms with Crippen LogP contribution in [0, 0.1) is 13.8 Å². The molecule has 0 saturated carbocycles. The average molecular weight is 418 g/mol. The molecule has 0 saturated heterocycles. The predicted molar refractivity (Wildman–Crippen MR) is 120 cm³/mol. The molecule has 1 aliphatic rings. The Labute approximate surface area is 181 Å². The molecule has 0 radical (unpaired) electrons. The van der Waals surface area contributed by atoms with Crippen LogP contribution in [0.2, 0.25) is 0 Å². The summed E-state index contributed by atoms with van der Waals surface area (Å²) in [6.07, 6.45) is 2.17. The molecule has 2 amide bonds. The lowest BCUT2D eigenvalue weighted by Gasteiger charge is -2.17. The number of para-hydroxylation sites is 2. The molecule has 2 N–H and O–H groups in total. The first-order valence-electron chi connectivity index (χ1n) is 10.5. The van der Waals surface area contributed by atoms with Crippen LogP contribution in [0.3, 0.4) is 0 Å². The first kappa shape index (κ1) is 20.7. The van der Waals surface area contributed by atoms with Gasteiger partial charge < -0.3 is 15.4 Å². The fraction of sp³-hybridized carbons (Fsp3) is 0.292. The smallest absolute Gasteiger partial charge is 0.224 e. The van der Waals surface area contributed by atoms with E-state index in [9.17, 15) is 9.59 Å². The second-order valence-corrected chi connectivity index (χ2v) is 7.72. The molecule has 4 rings (SSSR count). The minimum Gasteiger partial charge on any atom is -0.494 e. The van der Waals surface area contributed by atoms with Crippen molar-refractivity contribution in [3.8, 4) is 11.4 Å². The molecule has 31 heavy (non-hydrogen) atoms. The van der Waals surface area contributed by atoms with E-state index in [2.05, 4.69) is 15.7 Å². The molecule has 160 valence electrons. The predicted octanol–water partition coefficient (Wildman–Crippen LogP) is 4.17. The Kier molecular flexibility index (Phi) is 6.02. The Morgan fingerprint density at radius 3 is 2.81 bits per heavy atom. The summed E-state index contributed by atoms with van der Waals surface area (Å²) in [6.45, 7) is 4.38. The van der Waals surface area contributed by atoms with Crippen molar-refractivity contribution in [3.05, 3.63) is 65.5 Å². The van der Waals surface area contributed by atoms with E-state index in [4.69, 9.17) is 4.74 Å². The molecule has 7 heteroatoms. The van der Waals surface area contributed by atoms with E-state index in [1.54, 1.807) is 0 Å². The van der Waals surface area contributed by atoms with Crippen molar-refractivity contribution < 1.29 is 14.3 Å².